The molecule has 1 aliphatic carbocycles. The minimum Gasteiger partial charge on any atom is -0.488 e. The van der Waals surface area contributed by atoms with E-state index in [-0.39, 0.29) is 43.3 Å². The van der Waals surface area contributed by atoms with Gasteiger partial charge in [-0.25, -0.2) is 13.6 Å². The van der Waals surface area contributed by atoms with Gasteiger partial charge >= 0.3 is 6.09 Å². The number of piperazine rings is 1. The number of carbonyl (C=O) groups is 2. The van der Waals surface area contributed by atoms with Crippen LogP contribution in [0.25, 0.3) is 5.57 Å². The molecule has 248 valence electrons. The molecule has 2 amide bonds. The van der Waals surface area contributed by atoms with Crippen molar-refractivity contribution in [1.29, 1.82) is 0 Å². The third-order valence-corrected chi connectivity index (χ3v) is 9.24. The van der Waals surface area contributed by atoms with Gasteiger partial charge in [0.2, 0.25) is 5.82 Å². The van der Waals surface area contributed by atoms with Crippen LogP contribution in [0.4, 0.5) is 18.0 Å². The Morgan fingerprint density at radius 1 is 1.00 bits per heavy atom. The zero-order chi connectivity index (χ0) is 33.1. The fourth-order valence-corrected chi connectivity index (χ4v) is 6.61. The number of fused-ring (bicyclic) bond motifs is 2. The van der Waals surface area contributed by atoms with Gasteiger partial charge in [0, 0.05) is 42.3 Å². The first-order chi connectivity index (χ1) is 22.7. The normalized spacial score (nSPS) is 19.0. The van der Waals surface area contributed by atoms with Gasteiger partial charge in [0.15, 0.2) is 17.4 Å². The topological polar surface area (TPSA) is 71.1 Å². The van der Waals surface area contributed by atoms with Crippen LogP contribution in [0.5, 0.6) is 5.75 Å². The van der Waals surface area contributed by atoms with E-state index in [9.17, 15) is 22.8 Å². The number of ether oxygens (including phenoxy) is 2. The highest BCUT2D eigenvalue weighted by Gasteiger charge is 2.43. The molecule has 0 radical (unpaired) electrons. The maximum absolute atomic E-state index is 14.6. The molecule has 3 aromatic carbocycles. The molecule has 11 heteroatoms. The molecule has 1 saturated heterocycles. The summed E-state index contributed by atoms with van der Waals surface area (Å²) in [7, 11) is 0. The van der Waals surface area contributed by atoms with Gasteiger partial charge in [0.1, 0.15) is 0 Å². The van der Waals surface area contributed by atoms with E-state index in [4.69, 9.17) is 21.1 Å². The lowest BCUT2D eigenvalue weighted by atomic mass is 9.82. The van der Waals surface area contributed by atoms with Crippen molar-refractivity contribution in [1.82, 2.24) is 15.1 Å². The van der Waals surface area contributed by atoms with E-state index in [1.807, 2.05) is 53.4 Å². The summed E-state index contributed by atoms with van der Waals surface area (Å²) in [6.45, 7) is 3.23. The first-order valence-electron chi connectivity index (χ1n) is 16.0. The lowest BCUT2D eigenvalue weighted by molar-refractivity contribution is -0.128. The van der Waals surface area contributed by atoms with Crippen LogP contribution < -0.4 is 10.1 Å². The van der Waals surface area contributed by atoms with E-state index in [1.54, 1.807) is 11.8 Å². The van der Waals surface area contributed by atoms with Crippen LogP contribution in [0.15, 0.2) is 66.2 Å². The number of amides is 2. The average molecular weight is 668 g/mol. The zero-order valence-electron chi connectivity index (χ0n) is 26.1. The summed E-state index contributed by atoms with van der Waals surface area (Å²) >= 11 is 6.51. The van der Waals surface area contributed by atoms with Crippen molar-refractivity contribution >= 4 is 29.2 Å². The Balaban J connectivity index is 1.24. The van der Waals surface area contributed by atoms with E-state index >= 15 is 0 Å². The molecule has 2 unspecified atom stereocenters. The number of carbonyl (C=O) groups excluding carboxylic acids is 2. The number of nitrogens with one attached hydrogen (secondary N) is 1. The number of hydrogen-bond donors (Lipinski definition) is 1. The first kappa shape index (κ1) is 32.9. The van der Waals surface area contributed by atoms with E-state index in [0.717, 1.165) is 47.2 Å². The molecule has 2 aliphatic heterocycles. The summed E-state index contributed by atoms with van der Waals surface area (Å²) in [5.41, 5.74) is 4.38. The molecular formula is C36H37ClF3N3O4. The summed E-state index contributed by atoms with van der Waals surface area (Å²) in [6.07, 6.45) is 3.04. The molecule has 47 heavy (non-hydrogen) atoms. The van der Waals surface area contributed by atoms with Crippen molar-refractivity contribution in [2.45, 2.75) is 63.7 Å². The van der Waals surface area contributed by atoms with Crippen LogP contribution >= 0.6 is 11.6 Å². The van der Waals surface area contributed by atoms with Crippen LogP contribution in [-0.2, 0) is 22.5 Å². The van der Waals surface area contributed by atoms with Crippen LogP contribution in [-0.4, -0.2) is 66.2 Å². The Morgan fingerprint density at radius 2 is 1.74 bits per heavy atom. The summed E-state index contributed by atoms with van der Waals surface area (Å²) < 4.78 is 51.8. The first-order valence-corrected chi connectivity index (χ1v) is 16.4. The molecule has 2 atom stereocenters. The van der Waals surface area contributed by atoms with Gasteiger partial charge in [-0.15, -0.1) is 0 Å². The van der Waals surface area contributed by atoms with Gasteiger partial charge in [-0.1, -0.05) is 54.1 Å². The Labute approximate surface area is 277 Å². The van der Waals surface area contributed by atoms with Crippen molar-refractivity contribution in [3.63, 3.8) is 0 Å². The molecule has 1 N–H and O–H groups in total. The van der Waals surface area contributed by atoms with Crippen LogP contribution in [0.2, 0.25) is 5.02 Å². The van der Waals surface area contributed by atoms with Gasteiger partial charge in [-0.05, 0) is 79.5 Å². The maximum Gasteiger partial charge on any atom is 0.409 e. The van der Waals surface area contributed by atoms with Crippen LogP contribution in [0, 0.1) is 17.5 Å². The van der Waals surface area contributed by atoms with Crippen molar-refractivity contribution < 1.29 is 32.2 Å². The smallest absolute Gasteiger partial charge is 0.409 e. The number of hydrogen-bond acceptors (Lipinski definition) is 5. The van der Waals surface area contributed by atoms with Crippen LogP contribution in [0.3, 0.4) is 0 Å². The lowest BCUT2D eigenvalue weighted by Gasteiger charge is -2.44. The minimum absolute atomic E-state index is 0.0112. The quantitative estimate of drug-likeness (QED) is 0.178. The van der Waals surface area contributed by atoms with Gasteiger partial charge in [-0.2, -0.15) is 4.39 Å². The molecule has 3 aromatic rings. The fraction of sp³-hybridized carbons (Fsp3) is 0.389. The number of halogens is 4. The largest absolute Gasteiger partial charge is 0.488 e. The van der Waals surface area contributed by atoms with E-state index in [2.05, 4.69) is 5.32 Å². The molecular weight excluding hydrogens is 631 g/mol. The second-order valence-corrected chi connectivity index (χ2v) is 12.6. The van der Waals surface area contributed by atoms with Crippen molar-refractivity contribution in [3.05, 3.63) is 105 Å². The molecule has 6 rings (SSSR count). The second kappa shape index (κ2) is 14.4. The summed E-state index contributed by atoms with van der Waals surface area (Å²) in [4.78, 5) is 30.9. The van der Waals surface area contributed by atoms with Gasteiger partial charge in [0.25, 0.3) is 5.91 Å². The zero-order valence-corrected chi connectivity index (χ0v) is 26.9. The Kier molecular flexibility index (Phi) is 10.1. The Hall–Kier alpha value is -4.02. The SMILES string of the molecule is CCOC(=O)N1CC2CC(c3ccc(CCCOc4c(F)ccc(F)c4F)cc3)=C(C(=O)N(Cc3ccccc3Cl)C3CC3)C(C1)N2. The molecule has 0 aromatic heterocycles. The Morgan fingerprint density at radius 3 is 2.47 bits per heavy atom. The molecule has 1 saturated carbocycles. The Bertz CT molecular complexity index is 1660. The summed E-state index contributed by atoms with van der Waals surface area (Å²) in [6, 6.07) is 16.7. The highest BCUT2D eigenvalue weighted by atomic mass is 35.5. The number of aryl methyl sites for hydroxylation is 1. The fourth-order valence-electron chi connectivity index (χ4n) is 6.41. The average Bonchev–Trinajstić information content (AvgIpc) is 3.91. The van der Waals surface area contributed by atoms with E-state index in [0.29, 0.717) is 49.5 Å². The van der Waals surface area contributed by atoms with Gasteiger partial charge in [-0.3, -0.25) is 4.79 Å². The van der Waals surface area contributed by atoms with Gasteiger partial charge < -0.3 is 24.6 Å². The predicted octanol–water partition coefficient (Wildman–Crippen LogP) is 6.92. The van der Waals surface area contributed by atoms with E-state index < -0.39 is 23.2 Å². The molecule has 3 aliphatic rings. The minimum atomic E-state index is -1.34. The summed E-state index contributed by atoms with van der Waals surface area (Å²) in [5, 5.41) is 4.21. The number of nitrogens with zero attached hydrogens (tertiary/aromatic N) is 2. The summed E-state index contributed by atoms with van der Waals surface area (Å²) in [5.74, 6) is -4.23. The molecule has 7 nitrogen and oxygen atoms in total. The molecule has 2 fully saturated rings. The molecule has 0 spiro atoms. The molecule has 2 heterocycles. The van der Waals surface area contributed by atoms with Crippen molar-refractivity contribution in [2.24, 2.45) is 0 Å². The second-order valence-electron chi connectivity index (χ2n) is 12.2. The van der Waals surface area contributed by atoms with Crippen molar-refractivity contribution in [3.8, 4) is 5.75 Å². The van der Waals surface area contributed by atoms with Crippen LogP contribution in [0.1, 0.15) is 49.3 Å². The predicted molar refractivity (Wildman–Crippen MR) is 172 cm³/mol. The molecule has 2 bridgehead atoms. The number of rotatable bonds is 11. The van der Waals surface area contributed by atoms with Gasteiger partial charge in [0.05, 0.1) is 19.3 Å². The number of benzene rings is 3. The highest BCUT2D eigenvalue weighted by Crippen LogP contribution is 2.38. The standard InChI is InChI=1S/C36H37ClF3N3O4/c1-2-46-36(45)42-20-25-18-27(23-11-9-22(10-12-23)6-5-17-47-34-30(39)16-15-29(38)33(34)40)32(31(21-42)41-25)35(44)43(26-13-14-26)19-24-7-3-4-8-28(24)37/h3-4,7-12,15-16,25-26,31,41H,2,5-6,13-14,17-21H2,1H3. The lowest BCUT2D eigenvalue weighted by Crippen LogP contribution is -2.62. The highest BCUT2D eigenvalue weighted by molar-refractivity contribution is 6.31. The van der Waals surface area contributed by atoms with Crippen molar-refractivity contribution in [2.75, 3.05) is 26.3 Å². The van der Waals surface area contributed by atoms with E-state index in [1.165, 1.54) is 0 Å². The maximum atomic E-state index is 14.6. The monoisotopic (exact) mass is 667 g/mol. The third-order valence-electron chi connectivity index (χ3n) is 8.87. The third kappa shape index (κ3) is 7.44.